The van der Waals surface area contributed by atoms with Gasteiger partial charge in [0.2, 0.25) is 5.72 Å². The number of rotatable bonds is 4. The molecule has 4 nitrogen and oxygen atoms in total. The average Bonchev–Trinajstić information content (AvgIpc) is 2.86. The van der Waals surface area contributed by atoms with Crippen molar-refractivity contribution in [3.8, 4) is 5.75 Å². The van der Waals surface area contributed by atoms with Gasteiger partial charge in [0.1, 0.15) is 11.6 Å². The molecule has 0 saturated carbocycles. The topological polar surface area (TPSA) is 45.1 Å². The van der Waals surface area contributed by atoms with Crippen molar-refractivity contribution in [2.45, 2.75) is 37.8 Å². The van der Waals surface area contributed by atoms with Gasteiger partial charge in [-0.3, -0.25) is 0 Å². The number of benzene rings is 2. The lowest BCUT2D eigenvalue weighted by atomic mass is 9.94. The lowest BCUT2D eigenvalue weighted by molar-refractivity contribution is -0.274. The fraction of sp³-hybridized carbons (Fsp3) is 0.381. The first-order chi connectivity index (χ1) is 13.3. The molecular formula is C21H23F3N2O2. The van der Waals surface area contributed by atoms with Gasteiger partial charge in [-0.15, -0.1) is 13.2 Å². The van der Waals surface area contributed by atoms with Crippen molar-refractivity contribution in [3.05, 3.63) is 65.7 Å². The molecule has 0 spiro atoms. The van der Waals surface area contributed by atoms with Crippen molar-refractivity contribution >= 4 is 5.84 Å². The zero-order valence-electron chi connectivity index (χ0n) is 15.6. The van der Waals surface area contributed by atoms with E-state index >= 15 is 0 Å². The Kier molecular flexibility index (Phi) is 5.93. The van der Waals surface area contributed by atoms with Gasteiger partial charge in [-0.2, -0.15) is 0 Å². The van der Waals surface area contributed by atoms with Crippen LogP contribution in [-0.2, 0) is 5.72 Å². The van der Waals surface area contributed by atoms with Crippen LogP contribution in [0.15, 0.2) is 59.6 Å². The second-order valence-electron chi connectivity index (χ2n) is 6.87. The number of aliphatic imine (C=N–C) groups is 1. The van der Waals surface area contributed by atoms with Gasteiger partial charge in [0.15, 0.2) is 0 Å². The van der Waals surface area contributed by atoms with Crippen molar-refractivity contribution in [2.24, 2.45) is 4.99 Å². The average molecular weight is 392 g/mol. The predicted octanol–water partition coefficient (Wildman–Crippen LogP) is 4.68. The third kappa shape index (κ3) is 4.84. The summed E-state index contributed by atoms with van der Waals surface area (Å²) in [5.41, 5.74) is -0.783. The molecule has 2 aromatic carbocycles. The molecule has 0 aliphatic carbocycles. The summed E-state index contributed by atoms with van der Waals surface area (Å²) in [6.45, 7) is 0.849. The molecule has 0 bridgehead atoms. The number of likely N-dealkylation sites (tertiary alicyclic amines) is 1. The van der Waals surface area contributed by atoms with Gasteiger partial charge in [0, 0.05) is 31.1 Å². The molecule has 0 amide bonds. The Bertz CT molecular complexity index is 807. The second kappa shape index (κ2) is 8.22. The van der Waals surface area contributed by atoms with Crippen LogP contribution >= 0.6 is 0 Å². The number of halogens is 3. The monoisotopic (exact) mass is 392 g/mol. The second-order valence-corrected chi connectivity index (χ2v) is 6.87. The SMILES string of the molecule is CN1CCCCCC1=NC(O)(c1ccccc1)c1ccc(OC(F)(F)F)cc1. The van der Waals surface area contributed by atoms with E-state index in [0.29, 0.717) is 11.1 Å². The first kappa shape index (κ1) is 20.2. The maximum Gasteiger partial charge on any atom is 0.573 e. The van der Waals surface area contributed by atoms with Gasteiger partial charge >= 0.3 is 6.36 Å². The Morgan fingerprint density at radius 1 is 0.929 bits per heavy atom. The van der Waals surface area contributed by atoms with E-state index in [9.17, 15) is 18.3 Å². The number of ether oxygens (including phenoxy) is 1. The molecule has 1 atom stereocenters. The van der Waals surface area contributed by atoms with Gasteiger partial charge in [-0.25, -0.2) is 4.99 Å². The molecule has 150 valence electrons. The largest absolute Gasteiger partial charge is 0.573 e. The van der Waals surface area contributed by atoms with Crippen molar-refractivity contribution in [3.63, 3.8) is 0 Å². The van der Waals surface area contributed by atoms with Crippen LogP contribution in [0.5, 0.6) is 5.75 Å². The van der Waals surface area contributed by atoms with E-state index in [1.807, 2.05) is 18.0 Å². The number of amidine groups is 1. The van der Waals surface area contributed by atoms with Crippen molar-refractivity contribution in [1.29, 1.82) is 0 Å². The maximum atomic E-state index is 12.4. The molecule has 1 unspecified atom stereocenters. The van der Waals surface area contributed by atoms with E-state index < -0.39 is 12.1 Å². The standard InChI is InChI=1S/C21H23F3N2O2/c1-26-15-7-3-6-10-19(26)25-20(27,16-8-4-2-5-9-16)17-11-13-18(14-12-17)28-21(22,23)24/h2,4-5,8-9,11-14,27H,3,6-7,10,15H2,1H3. The summed E-state index contributed by atoms with van der Waals surface area (Å²) in [5, 5.41) is 11.6. The highest BCUT2D eigenvalue weighted by Crippen LogP contribution is 2.34. The first-order valence-electron chi connectivity index (χ1n) is 9.22. The van der Waals surface area contributed by atoms with Gasteiger partial charge in [-0.05, 0) is 25.0 Å². The molecule has 1 fully saturated rings. The van der Waals surface area contributed by atoms with Crippen LogP contribution in [0.1, 0.15) is 36.8 Å². The normalized spacial score (nSPS) is 19.2. The number of hydrogen-bond acceptors (Lipinski definition) is 3. The summed E-state index contributed by atoms with van der Waals surface area (Å²) >= 11 is 0. The number of aliphatic hydroxyl groups is 1. The van der Waals surface area contributed by atoms with Crippen molar-refractivity contribution in [1.82, 2.24) is 4.90 Å². The highest BCUT2D eigenvalue weighted by atomic mass is 19.4. The minimum absolute atomic E-state index is 0.342. The van der Waals surface area contributed by atoms with Crippen LogP contribution in [0.3, 0.4) is 0 Å². The summed E-state index contributed by atoms with van der Waals surface area (Å²) < 4.78 is 41.2. The van der Waals surface area contributed by atoms with Gasteiger partial charge in [0.05, 0.1) is 0 Å². The summed E-state index contributed by atoms with van der Waals surface area (Å²) in [6.07, 6.45) is -0.896. The number of hydrogen-bond donors (Lipinski definition) is 1. The first-order valence-corrected chi connectivity index (χ1v) is 9.22. The summed E-state index contributed by atoms with van der Waals surface area (Å²) in [6, 6.07) is 14.1. The summed E-state index contributed by atoms with van der Waals surface area (Å²) in [4.78, 5) is 6.72. The van der Waals surface area contributed by atoms with E-state index in [4.69, 9.17) is 0 Å². The van der Waals surface area contributed by atoms with Crippen LogP contribution in [0.2, 0.25) is 0 Å². The van der Waals surface area contributed by atoms with E-state index in [1.54, 1.807) is 24.3 Å². The van der Waals surface area contributed by atoms with E-state index in [0.717, 1.165) is 38.1 Å². The molecule has 2 aromatic rings. The summed E-state index contributed by atoms with van der Waals surface area (Å²) in [5.74, 6) is 0.436. The molecule has 28 heavy (non-hydrogen) atoms. The van der Waals surface area contributed by atoms with E-state index in [1.165, 1.54) is 24.3 Å². The Hall–Kier alpha value is -2.54. The fourth-order valence-electron chi connectivity index (χ4n) is 3.31. The molecule has 0 aromatic heterocycles. The van der Waals surface area contributed by atoms with Crippen LogP contribution < -0.4 is 4.74 Å². The van der Waals surface area contributed by atoms with Gasteiger partial charge in [-0.1, -0.05) is 48.9 Å². The minimum Gasteiger partial charge on any atom is -0.406 e. The quantitative estimate of drug-likeness (QED) is 0.822. The highest BCUT2D eigenvalue weighted by Gasteiger charge is 2.34. The van der Waals surface area contributed by atoms with E-state index in [-0.39, 0.29) is 5.75 Å². The Morgan fingerprint density at radius 3 is 2.21 bits per heavy atom. The zero-order valence-corrected chi connectivity index (χ0v) is 15.6. The predicted molar refractivity (Wildman–Crippen MR) is 101 cm³/mol. The van der Waals surface area contributed by atoms with Crippen LogP contribution in [0, 0.1) is 0 Å². The van der Waals surface area contributed by atoms with Crippen LogP contribution in [0.25, 0.3) is 0 Å². The van der Waals surface area contributed by atoms with Crippen LogP contribution in [-0.4, -0.2) is 35.8 Å². The lowest BCUT2D eigenvalue weighted by Crippen LogP contribution is -2.33. The molecule has 0 radical (unpaired) electrons. The van der Waals surface area contributed by atoms with Gasteiger partial charge < -0.3 is 14.7 Å². The van der Waals surface area contributed by atoms with E-state index in [2.05, 4.69) is 9.73 Å². The maximum absolute atomic E-state index is 12.4. The van der Waals surface area contributed by atoms with Crippen molar-refractivity contribution < 1.29 is 23.0 Å². The fourth-order valence-corrected chi connectivity index (χ4v) is 3.31. The Balaban J connectivity index is 2.02. The Labute approximate surface area is 162 Å². The molecule has 1 saturated heterocycles. The molecule has 1 heterocycles. The number of alkyl halides is 3. The highest BCUT2D eigenvalue weighted by molar-refractivity contribution is 5.83. The molecular weight excluding hydrogens is 369 g/mol. The lowest BCUT2D eigenvalue weighted by Gasteiger charge is -2.29. The smallest absolute Gasteiger partial charge is 0.406 e. The third-order valence-electron chi connectivity index (χ3n) is 4.79. The summed E-state index contributed by atoms with van der Waals surface area (Å²) in [7, 11) is 1.94. The van der Waals surface area contributed by atoms with Crippen LogP contribution in [0.4, 0.5) is 13.2 Å². The molecule has 1 N–H and O–H groups in total. The molecule has 7 heteroatoms. The number of nitrogens with zero attached hydrogens (tertiary/aromatic N) is 2. The minimum atomic E-state index is -4.76. The molecule has 1 aliphatic heterocycles. The van der Waals surface area contributed by atoms with Crippen molar-refractivity contribution in [2.75, 3.05) is 13.6 Å². The molecule has 3 rings (SSSR count). The molecule has 1 aliphatic rings. The van der Waals surface area contributed by atoms with Gasteiger partial charge in [0.25, 0.3) is 0 Å². The third-order valence-corrected chi connectivity index (χ3v) is 4.79. The Morgan fingerprint density at radius 2 is 1.57 bits per heavy atom. The zero-order chi connectivity index (χ0) is 20.2.